The molecule has 0 aliphatic carbocycles. The highest BCUT2D eigenvalue weighted by Gasteiger charge is 2.36. The van der Waals surface area contributed by atoms with Crippen LogP contribution in [-0.2, 0) is 30.3 Å². The average molecular weight is 570 g/mol. The van der Waals surface area contributed by atoms with Gasteiger partial charge in [-0.1, -0.05) is 61.7 Å². The zero-order chi connectivity index (χ0) is 30.6. The Morgan fingerprint density at radius 3 is 2.17 bits per heavy atom. The first-order valence-electron chi connectivity index (χ1n) is 13.8. The maximum Gasteiger partial charge on any atom is 0.408 e. The summed E-state index contributed by atoms with van der Waals surface area (Å²) in [6.07, 6.45) is 1.64. The largest absolute Gasteiger partial charge is 0.508 e. The van der Waals surface area contributed by atoms with E-state index >= 15 is 0 Å². The summed E-state index contributed by atoms with van der Waals surface area (Å²) in [5, 5.41) is 15.0. The van der Waals surface area contributed by atoms with Gasteiger partial charge < -0.3 is 30.1 Å². The molecule has 2 aromatic carbocycles. The van der Waals surface area contributed by atoms with Crippen molar-refractivity contribution < 1.29 is 33.8 Å². The van der Waals surface area contributed by atoms with Crippen LogP contribution in [0.3, 0.4) is 0 Å². The highest BCUT2D eigenvalue weighted by Crippen LogP contribution is 2.25. The second-order valence-corrected chi connectivity index (χ2v) is 10.9. The molecule has 10 heteroatoms. The van der Waals surface area contributed by atoms with Gasteiger partial charge in [0.1, 0.15) is 30.0 Å². The molecule has 0 fully saturated rings. The fourth-order valence-electron chi connectivity index (χ4n) is 4.17. The first-order valence-corrected chi connectivity index (χ1v) is 13.8. The van der Waals surface area contributed by atoms with E-state index < -0.39 is 41.6 Å². The van der Waals surface area contributed by atoms with Gasteiger partial charge in [-0.05, 0) is 57.4 Å². The molecule has 3 N–H and O–H groups in total. The number of ether oxygens (including phenoxy) is 2. The third kappa shape index (κ3) is 11.1. The molecule has 0 bridgehead atoms. The Bertz CT molecular complexity index is 1160. The van der Waals surface area contributed by atoms with Crippen LogP contribution in [0.4, 0.5) is 4.79 Å². The summed E-state index contributed by atoms with van der Waals surface area (Å²) in [6, 6.07) is 11.4. The number of hydrogen-bond acceptors (Lipinski definition) is 7. The molecule has 2 rings (SSSR count). The van der Waals surface area contributed by atoms with Gasteiger partial charge in [0.2, 0.25) is 11.8 Å². The number of nitrogens with one attached hydrogen (secondary N) is 2. The van der Waals surface area contributed by atoms with E-state index in [2.05, 4.69) is 15.4 Å². The van der Waals surface area contributed by atoms with Crippen LogP contribution in [0.15, 0.2) is 48.5 Å². The lowest BCUT2D eigenvalue weighted by molar-refractivity contribution is -0.144. The number of unbranched alkanes of at least 4 members (excludes halogenated alkanes) is 2. The maximum absolute atomic E-state index is 14.3. The van der Waals surface area contributed by atoms with Crippen LogP contribution < -0.4 is 10.6 Å². The first kappa shape index (κ1) is 33.1. The quantitative estimate of drug-likeness (QED) is 0.243. The van der Waals surface area contributed by atoms with Crippen LogP contribution in [0.5, 0.6) is 5.75 Å². The number of aromatic hydroxyl groups is 1. The first-order chi connectivity index (χ1) is 19.3. The lowest BCUT2D eigenvalue weighted by atomic mass is 9.99. The van der Waals surface area contributed by atoms with Crippen molar-refractivity contribution >= 4 is 23.9 Å². The SMILES string of the molecule is CCCCCN(C(=O)C(Cc1ccc(O)cc1)NC(=O)OC(C)(C)C)C(C(=O)NCC(=O)OC)c1ccc(C)cc1. The molecule has 224 valence electrons. The fourth-order valence-corrected chi connectivity index (χ4v) is 4.17. The van der Waals surface area contributed by atoms with Crippen molar-refractivity contribution in [1.29, 1.82) is 0 Å². The van der Waals surface area contributed by atoms with Crippen LogP contribution >= 0.6 is 0 Å². The monoisotopic (exact) mass is 569 g/mol. The minimum Gasteiger partial charge on any atom is -0.508 e. The number of carbonyl (C=O) groups excluding carboxylic acids is 4. The highest BCUT2D eigenvalue weighted by molar-refractivity contribution is 5.93. The van der Waals surface area contributed by atoms with E-state index in [-0.39, 0.29) is 25.3 Å². The third-order valence-electron chi connectivity index (χ3n) is 6.24. The van der Waals surface area contributed by atoms with E-state index in [9.17, 15) is 24.3 Å². The normalized spacial score (nSPS) is 12.5. The highest BCUT2D eigenvalue weighted by atomic mass is 16.6. The van der Waals surface area contributed by atoms with Crippen LogP contribution in [0.2, 0.25) is 0 Å². The van der Waals surface area contributed by atoms with Crippen molar-refractivity contribution in [3.8, 4) is 5.75 Å². The molecule has 0 radical (unpaired) electrons. The minimum absolute atomic E-state index is 0.0691. The third-order valence-corrected chi connectivity index (χ3v) is 6.24. The van der Waals surface area contributed by atoms with Gasteiger partial charge in [0.05, 0.1) is 7.11 Å². The molecule has 0 saturated heterocycles. The maximum atomic E-state index is 14.3. The van der Waals surface area contributed by atoms with Crippen LogP contribution in [0.1, 0.15) is 69.7 Å². The number of esters is 1. The average Bonchev–Trinajstić information content (AvgIpc) is 2.91. The molecule has 3 amide bonds. The number of methoxy groups -OCH3 is 1. The van der Waals surface area contributed by atoms with Crippen molar-refractivity contribution in [2.45, 2.75) is 78.0 Å². The summed E-state index contributed by atoms with van der Waals surface area (Å²) in [6.45, 7) is 8.99. The van der Waals surface area contributed by atoms with Crippen molar-refractivity contribution in [2.24, 2.45) is 0 Å². The van der Waals surface area contributed by atoms with Gasteiger partial charge in [-0.25, -0.2) is 4.79 Å². The molecule has 2 aromatic rings. The van der Waals surface area contributed by atoms with E-state index in [1.165, 1.54) is 24.1 Å². The number of benzene rings is 2. The molecule has 0 aliphatic rings. The molecule has 0 aromatic heterocycles. The molecule has 2 unspecified atom stereocenters. The fraction of sp³-hybridized carbons (Fsp3) is 0.484. The lowest BCUT2D eigenvalue weighted by Crippen LogP contribution is -2.54. The van der Waals surface area contributed by atoms with E-state index in [1.54, 1.807) is 45.0 Å². The zero-order valence-corrected chi connectivity index (χ0v) is 24.9. The molecule has 0 spiro atoms. The number of amides is 3. The van der Waals surface area contributed by atoms with Gasteiger partial charge in [-0.15, -0.1) is 0 Å². The molecule has 0 heterocycles. The second kappa shape index (κ2) is 15.6. The van der Waals surface area contributed by atoms with Crippen molar-refractivity contribution in [3.63, 3.8) is 0 Å². The summed E-state index contributed by atoms with van der Waals surface area (Å²) in [7, 11) is 1.22. The van der Waals surface area contributed by atoms with Crippen molar-refractivity contribution in [3.05, 3.63) is 65.2 Å². The number of aryl methyl sites for hydroxylation is 1. The predicted molar refractivity (Wildman–Crippen MR) is 155 cm³/mol. The van der Waals surface area contributed by atoms with E-state index in [1.807, 2.05) is 26.0 Å². The summed E-state index contributed by atoms with van der Waals surface area (Å²) in [5.41, 5.74) is 1.43. The Balaban J connectivity index is 2.54. The Kier molecular flexibility index (Phi) is 12.6. The minimum atomic E-state index is -1.09. The van der Waals surface area contributed by atoms with Crippen LogP contribution in [0, 0.1) is 6.92 Å². The van der Waals surface area contributed by atoms with Gasteiger partial charge >= 0.3 is 12.1 Å². The predicted octanol–water partition coefficient (Wildman–Crippen LogP) is 4.19. The van der Waals surface area contributed by atoms with Gasteiger partial charge in [0.25, 0.3) is 0 Å². The second-order valence-electron chi connectivity index (χ2n) is 10.9. The lowest BCUT2D eigenvalue weighted by Gasteiger charge is -2.34. The zero-order valence-electron chi connectivity index (χ0n) is 24.9. The standard InChI is InChI=1S/C31H43N3O7/c1-7-8-9-18-34(27(23-14-10-21(2)11-15-23)28(37)32-20-26(36)40-6)29(38)25(33-30(39)41-31(3,4)5)19-22-12-16-24(35)17-13-22/h10-17,25,27,35H,7-9,18-20H2,1-6H3,(H,32,37)(H,33,39). The number of hydrogen-bond donors (Lipinski definition) is 3. The van der Waals surface area contributed by atoms with Crippen molar-refractivity contribution in [2.75, 3.05) is 20.2 Å². The Morgan fingerprint density at radius 1 is 0.976 bits per heavy atom. The Morgan fingerprint density at radius 2 is 1.61 bits per heavy atom. The molecular formula is C31H43N3O7. The van der Waals surface area contributed by atoms with Gasteiger partial charge in [0.15, 0.2) is 0 Å². The number of alkyl carbamates (subject to hydrolysis) is 1. The Labute approximate surface area is 242 Å². The van der Waals surface area contributed by atoms with Gasteiger partial charge in [-0.2, -0.15) is 0 Å². The number of carbonyl (C=O) groups is 4. The molecule has 2 atom stereocenters. The summed E-state index contributed by atoms with van der Waals surface area (Å²) < 4.78 is 10.1. The van der Waals surface area contributed by atoms with E-state index in [4.69, 9.17) is 4.74 Å². The molecule has 0 saturated carbocycles. The number of phenolic OH excluding ortho intramolecular Hbond substituents is 1. The number of phenols is 1. The van der Waals surface area contributed by atoms with E-state index in [0.717, 1.165) is 18.4 Å². The van der Waals surface area contributed by atoms with Crippen molar-refractivity contribution in [1.82, 2.24) is 15.5 Å². The summed E-state index contributed by atoms with van der Waals surface area (Å²) >= 11 is 0. The molecule has 10 nitrogen and oxygen atoms in total. The molecule has 0 aliphatic heterocycles. The van der Waals surface area contributed by atoms with Crippen LogP contribution in [-0.4, -0.2) is 65.7 Å². The van der Waals surface area contributed by atoms with Gasteiger partial charge in [-0.3, -0.25) is 14.4 Å². The molecule has 41 heavy (non-hydrogen) atoms. The smallest absolute Gasteiger partial charge is 0.408 e. The number of nitrogens with zero attached hydrogens (tertiary/aromatic N) is 1. The topological polar surface area (TPSA) is 134 Å². The summed E-state index contributed by atoms with van der Waals surface area (Å²) in [5.74, 6) is -1.59. The van der Waals surface area contributed by atoms with E-state index in [0.29, 0.717) is 17.5 Å². The molecular weight excluding hydrogens is 526 g/mol. The number of rotatable bonds is 13. The van der Waals surface area contributed by atoms with Gasteiger partial charge in [0, 0.05) is 13.0 Å². The Hall–Kier alpha value is -4.08. The summed E-state index contributed by atoms with van der Waals surface area (Å²) in [4.78, 5) is 54.0. The van der Waals surface area contributed by atoms with Crippen LogP contribution in [0.25, 0.3) is 0 Å².